The summed E-state index contributed by atoms with van der Waals surface area (Å²) in [5, 5.41) is 0. The van der Waals surface area contributed by atoms with E-state index in [-0.39, 0.29) is 0 Å². The number of hydrogen-bond donors (Lipinski definition) is 1. The van der Waals surface area contributed by atoms with Gasteiger partial charge in [0, 0.05) is 48.8 Å². The number of hydrogen-bond acceptors (Lipinski definition) is 4. The summed E-state index contributed by atoms with van der Waals surface area (Å²) in [5.41, 5.74) is 4.07. The van der Waals surface area contributed by atoms with Crippen LogP contribution in [0.25, 0.3) is 11.3 Å². The van der Waals surface area contributed by atoms with E-state index in [9.17, 15) is 9.59 Å². The number of H-pyrrole nitrogens is 1. The minimum absolute atomic E-state index is 0.439. The van der Waals surface area contributed by atoms with Gasteiger partial charge < -0.3 is 19.5 Å². The summed E-state index contributed by atoms with van der Waals surface area (Å²) in [6, 6.07) is 19.4. The molecule has 1 fully saturated rings. The quantitative estimate of drug-likeness (QED) is 0.523. The molecule has 1 amide bonds. The van der Waals surface area contributed by atoms with Crippen molar-refractivity contribution < 1.29 is 14.3 Å². The Hall–Kier alpha value is -3.54. The van der Waals surface area contributed by atoms with Crippen molar-refractivity contribution in [2.75, 3.05) is 38.2 Å². The maximum absolute atomic E-state index is 12.9. The maximum atomic E-state index is 12.9. The van der Waals surface area contributed by atoms with Crippen molar-refractivity contribution >= 4 is 17.4 Å². The van der Waals surface area contributed by atoms with Crippen LogP contribution in [0.5, 0.6) is 5.75 Å². The number of Topliss-reactive ketones (excluding diaryl/α,β-unsaturated/α-hetero) is 1. The van der Waals surface area contributed by atoms with E-state index in [0.29, 0.717) is 37.4 Å². The summed E-state index contributed by atoms with van der Waals surface area (Å²) < 4.78 is 5.20. The van der Waals surface area contributed by atoms with E-state index in [1.54, 1.807) is 18.1 Å². The number of ketones is 1. The molecule has 0 bridgehead atoms. The minimum atomic E-state index is -0.455. The average molecular weight is 403 g/mol. The molecule has 2 heterocycles. The van der Waals surface area contributed by atoms with E-state index in [1.807, 2.05) is 61.5 Å². The molecule has 0 atom stereocenters. The van der Waals surface area contributed by atoms with Crippen molar-refractivity contribution in [1.82, 2.24) is 9.88 Å². The fourth-order valence-electron chi connectivity index (χ4n) is 3.79. The lowest BCUT2D eigenvalue weighted by Crippen LogP contribution is -2.50. The molecule has 1 aliphatic rings. The molecule has 1 N–H and O–H groups in total. The number of aryl methyl sites for hydroxylation is 1. The topological polar surface area (TPSA) is 65.6 Å². The number of aromatic nitrogens is 1. The lowest BCUT2D eigenvalue weighted by Gasteiger charge is -2.35. The number of piperazine rings is 1. The van der Waals surface area contributed by atoms with Gasteiger partial charge in [0.1, 0.15) is 5.75 Å². The zero-order valence-corrected chi connectivity index (χ0v) is 17.2. The number of carbonyl (C=O) groups is 2. The van der Waals surface area contributed by atoms with E-state index < -0.39 is 11.7 Å². The zero-order chi connectivity index (χ0) is 21.1. The Morgan fingerprint density at radius 2 is 1.60 bits per heavy atom. The highest BCUT2D eigenvalue weighted by Crippen LogP contribution is 2.23. The monoisotopic (exact) mass is 403 g/mol. The second-order valence-corrected chi connectivity index (χ2v) is 7.39. The third-order valence-corrected chi connectivity index (χ3v) is 5.54. The standard InChI is InChI=1S/C24H25N3O3/c1-17-21(16-22(25-17)18-6-4-3-5-7-18)23(28)24(29)27-14-12-26(13-15-27)19-8-10-20(30-2)11-9-19/h3-11,16,25H,12-15H2,1-2H3. The third-order valence-electron chi connectivity index (χ3n) is 5.54. The number of amides is 1. The number of rotatable bonds is 5. The van der Waals surface area contributed by atoms with Gasteiger partial charge in [-0.05, 0) is 42.8 Å². The highest BCUT2D eigenvalue weighted by molar-refractivity contribution is 6.43. The molecule has 0 radical (unpaired) electrons. The third kappa shape index (κ3) is 3.94. The number of ether oxygens (including phenoxy) is 1. The van der Waals surface area contributed by atoms with Crippen LogP contribution in [0.1, 0.15) is 16.1 Å². The van der Waals surface area contributed by atoms with Crippen LogP contribution in [0.2, 0.25) is 0 Å². The first kappa shape index (κ1) is 19.8. The molecule has 0 saturated carbocycles. The molecular weight excluding hydrogens is 378 g/mol. The Morgan fingerprint density at radius 1 is 0.933 bits per heavy atom. The number of carbonyl (C=O) groups excluding carboxylic acids is 2. The van der Waals surface area contributed by atoms with Crippen LogP contribution < -0.4 is 9.64 Å². The van der Waals surface area contributed by atoms with E-state index in [4.69, 9.17) is 4.74 Å². The van der Waals surface area contributed by atoms with Crippen LogP contribution in [0, 0.1) is 6.92 Å². The van der Waals surface area contributed by atoms with Crippen LogP contribution in [0.3, 0.4) is 0 Å². The van der Waals surface area contributed by atoms with Gasteiger partial charge in [0.15, 0.2) is 0 Å². The summed E-state index contributed by atoms with van der Waals surface area (Å²) >= 11 is 0. The maximum Gasteiger partial charge on any atom is 0.295 e. The molecule has 4 rings (SSSR count). The first-order chi connectivity index (χ1) is 14.6. The van der Waals surface area contributed by atoms with E-state index in [2.05, 4.69) is 9.88 Å². The van der Waals surface area contributed by atoms with Crippen molar-refractivity contribution in [2.45, 2.75) is 6.92 Å². The highest BCUT2D eigenvalue weighted by Gasteiger charge is 2.28. The number of methoxy groups -OCH3 is 1. The van der Waals surface area contributed by atoms with Gasteiger partial charge in [-0.15, -0.1) is 0 Å². The molecule has 30 heavy (non-hydrogen) atoms. The van der Waals surface area contributed by atoms with Gasteiger partial charge in [-0.3, -0.25) is 9.59 Å². The van der Waals surface area contributed by atoms with Crippen LogP contribution in [-0.2, 0) is 4.79 Å². The molecular formula is C24H25N3O3. The number of aromatic amines is 1. The summed E-state index contributed by atoms with van der Waals surface area (Å²) in [4.78, 5) is 32.8. The van der Waals surface area contributed by atoms with Gasteiger partial charge >= 0.3 is 0 Å². The molecule has 154 valence electrons. The van der Waals surface area contributed by atoms with Crippen molar-refractivity contribution in [3.8, 4) is 17.0 Å². The van der Waals surface area contributed by atoms with Crippen molar-refractivity contribution in [3.05, 3.63) is 71.9 Å². The van der Waals surface area contributed by atoms with Crippen molar-refractivity contribution in [2.24, 2.45) is 0 Å². The summed E-state index contributed by atoms with van der Waals surface area (Å²) in [7, 11) is 1.64. The molecule has 1 aliphatic heterocycles. The van der Waals surface area contributed by atoms with Gasteiger partial charge in [0.25, 0.3) is 11.7 Å². The van der Waals surface area contributed by atoms with E-state index in [1.165, 1.54) is 0 Å². The van der Waals surface area contributed by atoms with Crippen molar-refractivity contribution in [1.29, 1.82) is 0 Å². The summed E-state index contributed by atoms with van der Waals surface area (Å²) in [6.07, 6.45) is 0. The Morgan fingerprint density at radius 3 is 2.23 bits per heavy atom. The molecule has 1 saturated heterocycles. The molecule has 3 aromatic rings. The normalized spacial score (nSPS) is 13.9. The van der Waals surface area contributed by atoms with Crippen LogP contribution in [-0.4, -0.2) is 54.9 Å². The SMILES string of the molecule is COc1ccc(N2CCN(C(=O)C(=O)c3cc(-c4ccccc4)[nH]c3C)CC2)cc1. The molecule has 0 spiro atoms. The zero-order valence-electron chi connectivity index (χ0n) is 17.2. The van der Waals surface area contributed by atoms with Crippen LogP contribution in [0.4, 0.5) is 5.69 Å². The summed E-state index contributed by atoms with van der Waals surface area (Å²) in [6.45, 7) is 4.24. The van der Waals surface area contributed by atoms with Gasteiger partial charge in [0.05, 0.1) is 7.11 Å². The number of anilines is 1. The number of nitrogens with zero attached hydrogens (tertiary/aromatic N) is 2. The summed E-state index contributed by atoms with van der Waals surface area (Å²) in [5.74, 6) is -0.0789. The minimum Gasteiger partial charge on any atom is -0.497 e. The predicted octanol–water partition coefficient (Wildman–Crippen LogP) is 3.53. The highest BCUT2D eigenvalue weighted by atomic mass is 16.5. The average Bonchev–Trinajstić information content (AvgIpc) is 3.20. The van der Waals surface area contributed by atoms with Crippen molar-refractivity contribution in [3.63, 3.8) is 0 Å². The Balaban J connectivity index is 1.41. The Kier molecular flexibility index (Phi) is 5.57. The van der Waals surface area contributed by atoms with E-state index >= 15 is 0 Å². The molecule has 1 aromatic heterocycles. The molecule has 0 aliphatic carbocycles. The Labute approximate surface area is 176 Å². The molecule has 2 aromatic carbocycles. The second kappa shape index (κ2) is 8.45. The fraction of sp³-hybridized carbons (Fsp3) is 0.250. The smallest absolute Gasteiger partial charge is 0.295 e. The Bertz CT molecular complexity index is 1030. The molecule has 6 nitrogen and oxygen atoms in total. The first-order valence-electron chi connectivity index (χ1n) is 10.0. The van der Waals surface area contributed by atoms with Gasteiger partial charge in [0.2, 0.25) is 0 Å². The van der Waals surface area contributed by atoms with Gasteiger partial charge in [-0.25, -0.2) is 0 Å². The number of nitrogens with one attached hydrogen (secondary N) is 1. The molecule has 0 unspecified atom stereocenters. The largest absolute Gasteiger partial charge is 0.497 e. The lowest BCUT2D eigenvalue weighted by atomic mass is 10.1. The number of benzene rings is 2. The molecule has 6 heteroatoms. The predicted molar refractivity (Wildman–Crippen MR) is 117 cm³/mol. The van der Waals surface area contributed by atoms with Gasteiger partial charge in [-0.1, -0.05) is 30.3 Å². The lowest BCUT2D eigenvalue weighted by molar-refractivity contribution is -0.126. The van der Waals surface area contributed by atoms with Crippen LogP contribution in [0.15, 0.2) is 60.7 Å². The second-order valence-electron chi connectivity index (χ2n) is 7.39. The van der Waals surface area contributed by atoms with Crippen LogP contribution >= 0.6 is 0 Å². The van der Waals surface area contributed by atoms with E-state index in [0.717, 1.165) is 22.7 Å². The fourth-order valence-corrected chi connectivity index (χ4v) is 3.79. The first-order valence-corrected chi connectivity index (χ1v) is 10.0. The van der Waals surface area contributed by atoms with Gasteiger partial charge in [-0.2, -0.15) is 0 Å².